The van der Waals surface area contributed by atoms with Crippen molar-refractivity contribution in [1.82, 2.24) is 0 Å². The monoisotopic (exact) mass is 194 g/mol. The Hall–Kier alpha value is -1.71. The van der Waals surface area contributed by atoms with Gasteiger partial charge < -0.3 is 5.11 Å². The first kappa shape index (κ1) is 8.87. The Balaban J connectivity index is 2.70. The highest BCUT2D eigenvalue weighted by atomic mass is 19.1. The van der Waals surface area contributed by atoms with Gasteiger partial charge in [-0.1, -0.05) is 0 Å². The first-order valence-electron chi connectivity index (χ1n) is 4.19. The third-order valence-corrected chi connectivity index (χ3v) is 2.37. The summed E-state index contributed by atoms with van der Waals surface area (Å²) in [6.45, 7) is 0. The SMILES string of the molecule is O=C(O)c1ccc(F)c2c1CCC2=O. The van der Waals surface area contributed by atoms with Crippen LogP contribution in [0.4, 0.5) is 4.39 Å². The quantitative estimate of drug-likeness (QED) is 0.739. The number of carbonyl (C=O) groups excluding carboxylic acids is 1. The molecule has 0 aliphatic heterocycles. The van der Waals surface area contributed by atoms with Crippen LogP contribution in [0.2, 0.25) is 0 Å². The zero-order valence-electron chi connectivity index (χ0n) is 7.21. The number of halogens is 1. The Labute approximate surface area is 79.2 Å². The third kappa shape index (κ3) is 1.11. The molecular weight excluding hydrogens is 187 g/mol. The number of hydrogen-bond donors (Lipinski definition) is 1. The van der Waals surface area contributed by atoms with Crippen LogP contribution in [0.5, 0.6) is 0 Å². The Morgan fingerprint density at radius 2 is 2.07 bits per heavy atom. The summed E-state index contributed by atoms with van der Waals surface area (Å²) in [6.07, 6.45) is 0.532. The van der Waals surface area contributed by atoms with E-state index < -0.39 is 11.8 Å². The smallest absolute Gasteiger partial charge is 0.335 e. The molecule has 0 saturated heterocycles. The number of carboxylic acids is 1. The van der Waals surface area contributed by atoms with Crippen LogP contribution in [0, 0.1) is 5.82 Å². The predicted octanol–water partition coefficient (Wildman–Crippen LogP) is 1.65. The van der Waals surface area contributed by atoms with Gasteiger partial charge in [-0.3, -0.25) is 4.79 Å². The van der Waals surface area contributed by atoms with Gasteiger partial charge in [0.1, 0.15) is 5.82 Å². The van der Waals surface area contributed by atoms with E-state index in [1.165, 1.54) is 6.07 Å². The summed E-state index contributed by atoms with van der Waals surface area (Å²) in [4.78, 5) is 22.0. The lowest BCUT2D eigenvalue weighted by atomic mass is 10.0. The molecule has 14 heavy (non-hydrogen) atoms. The molecule has 1 N–H and O–H groups in total. The average molecular weight is 194 g/mol. The molecule has 1 aromatic rings. The van der Waals surface area contributed by atoms with Crippen molar-refractivity contribution in [3.8, 4) is 0 Å². The van der Waals surface area contributed by atoms with Crippen molar-refractivity contribution in [2.75, 3.05) is 0 Å². The highest BCUT2D eigenvalue weighted by molar-refractivity contribution is 6.04. The van der Waals surface area contributed by atoms with Gasteiger partial charge in [0.2, 0.25) is 0 Å². The summed E-state index contributed by atoms with van der Waals surface area (Å²) < 4.78 is 13.2. The maximum atomic E-state index is 13.2. The van der Waals surface area contributed by atoms with Gasteiger partial charge in [0.15, 0.2) is 5.78 Å². The molecule has 0 radical (unpaired) electrons. The number of hydrogen-bond acceptors (Lipinski definition) is 2. The van der Waals surface area contributed by atoms with Crippen LogP contribution in [-0.4, -0.2) is 16.9 Å². The van der Waals surface area contributed by atoms with Crippen LogP contribution >= 0.6 is 0 Å². The highest BCUT2D eigenvalue weighted by Crippen LogP contribution is 2.27. The molecule has 1 aromatic carbocycles. The van der Waals surface area contributed by atoms with Crippen molar-refractivity contribution >= 4 is 11.8 Å². The van der Waals surface area contributed by atoms with Crippen LogP contribution in [0.15, 0.2) is 12.1 Å². The number of rotatable bonds is 1. The van der Waals surface area contributed by atoms with E-state index in [9.17, 15) is 14.0 Å². The van der Waals surface area contributed by atoms with Crippen LogP contribution in [0.1, 0.15) is 32.7 Å². The van der Waals surface area contributed by atoms with E-state index in [-0.39, 0.29) is 23.3 Å². The molecule has 0 atom stereocenters. The van der Waals surface area contributed by atoms with Crippen LogP contribution in [0.25, 0.3) is 0 Å². The van der Waals surface area contributed by atoms with Crippen molar-refractivity contribution < 1.29 is 19.1 Å². The Kier molecular flexibility index (Phi) is 1.84. The van der Waals surface area contributed by atoms with Gasteiger partial charge in [0.05, 0.1) is 11.1 Å². The molecule has 72 valence electrons. The van der Waals surface area contributed by atoms with E-state index in [1.807, 2.05) is 0 Å². The Bertz CT molecular complexity index is 437. The molecule has 2 rings (SSSR count). The van der Waals surface area contributed by atoms with Crippen molar-refractivity contribution in [3.05, 3.63) is 34.6 Å². The minimum atomic E-state index is -1.11. The van der Waals surface area contributed by atoms with Crippen molar-refractivity contribution in [3.63, 3.8) is 0 Å². The van der Waals surface area contributed by atoms with Gasteiger partial charge in [-0.25, -0.2) is 9.18 Å². The molecule has 3 nitrogen and oxygen atoms in total. The Morgan fingerprint density at radius 1 is 1.36 bits per heavy atom. The summed E-state index contributed by atoms with van der Waals surface area (Å²) in [5.41, 5.74) is 0.333. The molecule has 0 unspecified atom stereocenters. The zero-order valence-corrected chi connectivity index (χ0v) is 7.21. The Morgan fingerprint density at radius 3 is 2.71 bits per heavy atom. The van der Waals surface area contributed by atoms with Gasteiger partial charge in [-0.15, -0.1) is 0 Å². The van der Waals surface area contributed by atoms with Crippen molar-refractivity contribution in [2.24, 2.45) is 0 Å². The van der Waals surface area contributed by atoms with E-state index in [0.717, 1.165) is 6.07 Å². The third-order valence-electron chi connectivity index (χ3n) is 2.37. The van der Waals surface area contributed by atoms with E-state index >= 15 is 0 Å². The topological polar surface area (TPSA) is 54.4 Å². The second kappa shape index (κ2) is 2.90. The second-order valence-electron chi connectivity index (χ2n) is 3.18. The molecule has 0 amide bonds. The molecule has 0 spiro atoms. The van der Waals surface area contributed by atoms with E-state index in [4.69, 9.17) is 5.11 Å². The minimum absolute atomic E-state index is 0.0345. The summed E-state index contributed by atoms with van der Waals surface area (Å²) in [5.74, 6) is -2.04. The number of Topliss-reactive ketones (excluding diaryl/α,β-unsaturated/α-hetero) is 1. The van der Waals surface area contributed by atoms with Gasteiger partial charge in [0.25, 0.3) is 0 Å². The van der Waals surface area contributed by atoms with Crippen molar-refractivity contribution in [2.45, 2.75) is 12.8 Å². The van der Waals surface area contributed by atoms with Crippen LogP contribution < -0.4 is 0 Å². The second-order valence-corrected chi connectivity index (χ2v) is 3.18. The first-order valence-corrected chi connectivity index (χ1v) is 4.19. The first-order chi connectivity index (χ1) is 6.61. The molecule has 4 heteroatoms. The maximum absolute atomic E-state index is 13.2. The average Bonchev–Trinajstić information content (AvgIpc) is 2.49. The van der Waals surface area contributed by atoms with Crippen LogP contribution in [-0.2, 0) is 6.42 Å². The summed E-state index contributed by atoms with van der Waals surface area (Å²) in [5, 5.41) is 8.79. The normalized spacial score (nSPS) is 14.2. The number of carboxylic acid groups (broad SMARTS) is 1. The summed E-state index contributed by atoms with van der Waals surface area (Å²) >= 11 is 0. The fraction of sp³-hybridized carbons (Fsp3) is 0.200. The lowest BCUT2D eigenvalue weighted by Gasteiger charge is -2.03. The van der Waals surface area contributed by atoms with Gasteiger partial charge in [-0.05, 0) is 24.1 Å². The van der Waals surface area contributed by atoms with Gasteiger partial charge >= 0.3 is 5.97 Å². The molecule has 0 saturated carbocycles. The fourth-order valence-electron chi connectivity index (χ4n) is 1.74. The highest BCUT2D eigenvalue weighted by Gasteiger charge is 2.27. The van der Waals surface area contributed by atoms with Gasteiger partial charge in [0, 0.05) is 6.42 Å². The van der Waals surface area contributed by atoms with Crippen molar-refractivity contribution in [1.29, 1.82) is 0 Å². The molecule has 0 aromatic heterocycles. The molecule has 0 fully saturated rings. The number of ketones is 1. The van der Waals surface area contributed by atoms with Crippen LogP contribution in [0.3, 0.4) is 0 Å². The zero-order chi connectivity index (χ0) is 10.3. The standard InChI is InChI=1S/C10H7FO3/c11-7-3-1-6(10(13)14)5-2-4-8(12)9(5)7/h1,3H,2,4H2,(H,13,14). The van der Waals surface area contributed by atoms with Gasteiger partial charge in [-0.2, -0.15) is 0 Å². The molecular formula is C10H7FO3. The summed E-state index contributed by atoms with van der Waals surface area (Å²) in [6, 6.07) is 2.24. The molecule has 0 heterocycles. The van der Waals surface area contributed by atoms with E-state index in [2.05, 4.69) is 0 Å². The maximum Gasteiger partial charge on any atom is 0.335 e. The fourth-order valence-corrected chi connectivity index (χ4v) is 1.74. The number of aromatic carboxylic acids is 1. The number of carbonyl (C=O) groups is 2. The largest absolute Gasteiger partial charge is 0.478 e. The molecule has 0 bridgehead atoms. The number of fused-ring (bicyclic) bond motifs is 1. The molecule has 1 aliphatic rings. The number of benzene rings is 1. The lowest BCUT2D eigenvalue weighted by Crippen LogP contribution is -2.04. The van der Waals surface area contributed by atoms with E-state index in [1.54, 1.807) is 0 Å². The lowest BCUT2D eigenvalue weighted by molar-refractivity contribution is 0.0695. The molecule has 1 aliphatic carbocycles. The van der Waals surface area contributed by atoms with E-state index in [0.29, 0.717) is 12.0 Å². The minimum Gasteiger partial charge on any atom is -0.478 e. The predicted molar refractivity (Wildman–Crippen MR) is 46.0 cm³/mol. The summed E-state index contributed by atoms with van der Waals surface area (Å²) in [7, 11) is 0.